The summed E-state index contributed by atoms with van der Waals surface area (Å²) in [5.74, 6) is 0. The zero-order chi connectivity index (χ0) is 46.8. The van der Waals surface area contributed by atoms with Crippen LogP contribution in [0.3, 0.4) is 0 Å². The molecule has 13 rings (SSSR count). The van der Waals surface area contributed by atoms with Crippen LogP contribution in [-0.2, 0) is 5.41 Å². The van der Waals surface area contributed by atoms with Crippen molar-refractivity contribution < 1.29 is 0 Å². The van der Waals surface area contributed by atoms with Crippen LogP contribution in [0.5, 0.6) is 0 Å². The second kappa shape index (κ2) is 16.8. The predicted molar refractivity (Wildman–Crippen MR) is 298 cm³/mol. The van der Waals surface area contributed by atoms with E-state index in [1.54, 1.807) is 0 Å². The Morgan fingerprint density at radius 3 is 1.20 bits per heavy atom. The molecule has 0 radical (unpaired) electrons. The number of benzene rings is 12. The van der Waals surface area contributed by atoms with Crippen LogP contribution in [0.25, 0.3) is 99.1 Å². The van der Waals surface area contributed by atoms with Gasteiger partial charge < -0.3 is 4.90 Å². The molecular formula is C69H49N. The summed E-state index contributed by atoms with van der Waals surface area (Å²) < 4.78 is 0. The van der Waals surface area contributed by atoms with Crippen molar-refractivity contribution in [2.75, 3.05) is 4.90 Å². The quantitative estimate of drug-likeness (QED) is 0.137. The number of fused-ring (bicyclic) bond motifs is 7. The van der Waals surface area contributed by atoms with Crippen molar-refractivity contribution in [3.8, 4) is 66.8 Å². The lowest BCUT2D eigenvalue weighted by molar-refractivity contribution is 0.660. The standard InChI is InChI=1S/C69H49N/c1-69(2)65-44-52(33-38-59(65)60-39-35-56(45-66(60)69)70(54-28-14-6-15-29-54)55-30-16-7-17-31-55)51-32-36-57-58-37-34-53(62-41-50-27-19-18-26-49(50)40-61(62)46-20-8-3-9-21-46)43-64(58)68(48-24-12-5-13-25-48)67(63(57)42-51)47-22-10-4-11-23-47/h3-45H,1-2H3. The molecule has 0 aromatic heterocycles. The molecule has 1 nitrogen and oxygen atoms in total. The minimum atomic E-state index is -0.221. The molecule has 330 valence electrons. The third-order valence-corrected chi connectivity index (χ3v) is 14.8. The highest BCUT2D eigenvalue weighted by molar-refractivity contribution is 6.23. The van der Waals surface area contributed by atoms with Gasteiger partial charge in [-0.15, -0.1) is 0 Å². The number of nitrogens with zero attached hydrogens (tertiary/aromatic N) is 1. The maximum atomic E-state index is 2.46. The van der Waals surface area contributed by atoms with Gasteiger partial charge in [0.1, 0.15) is 0 Å². The van der Waals surface area contributed by atoms with E-state index in [1.165, 1.54) is 110 Å². The van der Waals surface area contributed by atoms with Crippen LogP contribution in [0.2, 0.25) is 0 Å². The third kappa shape index (κ3) is 6.93. The summed E-state index contributed by atoms with van der Waals surface area (Å²) in [6.45, 7) is 4.78. The molecule has 1 aliphatic carbocycles. The van der Waals surface area contributed by atoms with Crippen LogP contribution in [0.4, 0.5) is 17.1 Å². The van der Waals surface area contributed by atoms with Crippen molar-refractivity contribution in [2.45, 2.75) is 19.3 Å². The van der Waals surface area contributed by atoms with Crippen molar-refractivity contribution in [3.63, 3.8) is 0 Å². The Morgan fingerprint density at radius 1 is 0.257 bits per heavy atom. The fourth-order valence-electron chi connectivity index (χ4n) is 11.4. The second-order valence-corrected chi connectivity index (χ2v) is 19.2. The van der Waals surface area contributed by atoms with Crippen LogP contribution in [0, 0.1) is 0 Å². The predicted octanol–water partition coefficient (Wildman–Crippen LogP) is 19.3. The maximum absolute atomic E-state index is 2.46. The van der Waals surface area contributed by atoms with Gasteiger partial charge in [0, 0.05) is 22.5 Å². The van der Waals surface area contributed by atoms with Gasteiger partial charge in [-0.05, 0) is 177 Å². The topological polar surface area (TPSA) is 3.24 Å². The van der Waals surface area contributed by atoms with Gasteiger partial charge in [-0.25, -0.2) is 0 Å². The van der Waals surface area contributed by atoms with E-state index < -0.39 is 0 Å². The van der Waals surface area contributed by atoms with Gasteiger partial charge in [0.25, 0.3) is 0 Å². The summed E-state index contributed by atoms with van der Waals surface area (Å²) in [5, 5.41) is 7.44. The SMILES string of the molecule is CC1(C)c2cc(-c3ccc4c(c3)c(-c3ccccc3)c(-c3ccccc3)c3cc(-c5cc6ccccc6cc5-c5ccccc5)ccc34)ccc2-c2ccc(N(c3ccccc3)c3ccccc3)cc21. The molecule has 0 bridgehead atoms. The van der Waals surface area contributed by atoms with Crippen molar-refractivity contribution >= 4 is 49.4 Å². The van der Waals surface area contributed by atoms with Crippen molar-refractivity contribution in [3.05, 3.63) is 272 Å². The minimum Gasteiger partial charge on any atom is -0.310 e. The molecule has 0 N–H and O–H groups in total. The Bertz CT molecular complexity index is 3890. The molecule has 12 aromatic rings. The lowest BCUT2D eigenvalue weighted by Crippen LogP contribution is -2.16. The molecule has 1 aliphatic rings. The highest BCUT2D eigenvalue weighted by Gasteiger charge is 2.36. The highest BCUT2D eigenvalue weighted by Crippen LogP contribution is 2.53. The summed E-state index contributed by atoms with van der Waals surface area (Å²) in [6.07, 6.45) is 0. The van der Waals surface area contributed by atoms with Crippen LogP contribution in [-0.4, -0.2) is 0 Å². The first-order valence-electron chi connectivity index (χ1n) is 24.4. The normalized spacial score (nSPS) is 12.5. The van der Waals surface area contributed by atoms with E-state index in [1.807, 2.05) is 0 Å². The number of para-hydroxylation sites is 2. The molecule has 0 fully saturated rings. The Kier molecular flexibility index (Phi) is 9.92. The first kappa shape index (κ1) is 41.4. The van der Waals surface area contributed by atoms with E-state index in [0.29, 0.717) is 0 Å². The molecule has 1 heteroatoms. The summed E-state index contributed by atoms with van der Waals surface area (Å²) in [4.78, 5) is 2.36. The monoisotopic (exact) mass is 891 g/mol. The summed E-state index contributed by atoms with van der Waals surface area (Å²) in [5.41, 5.74) is 20.7. The van der Waals surface area contributed by atoms with Gasteiger partial charge in [0.15, 0.2) is 0 Å². The van der Waals surface area contributed by atoms with Gasteiger partial charge in [-0.2, -0.15) is 0 Å². The van der Waals surface area contributed by atoms with E-state index in [9.17, 15) is 0 Å². The summed E-state index contributed by atoms with van der Waals surface area (Å²) >= 11 is 0. The Morgan fingerprint density at radius 2 is 0.657 bits per heavy atom. The lowest BCUT2D eigenvalue weighted by Gasteiger charge is -2.28. The summed E-state index contributed by atoms with van der Waals surface area (Å²) in [6, 6.07) is 96.3. The van der Waals surface area contributed by atoms with Gasteiger partial charge >= 0.3 is 0 Å². The van der Waals surface area contributed by atoms with E-state index in [4.69, 9.17) is 0 Å². The van der Waals surface area contributed by atoms with Crippen LogP contribution in [0.15, 0.2) is 261 Å². The van der Waals surface area contributed by atoms with Crippen molar-refractivity contribution in [2.24, 2.45) is 0 Å². The van der Waals surface area contributed by atoms with Gasteiger partial charge in [-0.3, -0.25) is 0 Å². The lowest BCUT2D eigenvalue weighted by atomic mass is 9.80. The molecule has 0 aliphatic heterocycles. The molecule has 0 atom stereocenters. The Hall–Kier alpha value is -8.78. The zero-order valence-electron chi connectivity index (χ0n) is 39.3. The molecule has 0 unspecified atom stereocenters. The fraction of sp³-hybridized carbons (Fsp3) is 0.0435. The summed E-state index contributed by atoms with van der Waals surface area (Å²) in [7, 11) is 0. The zero-order valence-corrected chi connectivity index (χ0v) is 39.3. The first-order chi connectivity index (χ1) is 34.5. The average Bonchev–Trinajstić information content (AvgIpc) is 3.65. The molecule has 0 saturated heterocycles. The van der Waals surface area contributed by atoms with Gasteiger partial charge in [0.05, 0.1) is 0 Å². The van der Waals surface area contributed by atoms with E-state index >= 15 is 0 Å². The van der Waals surface area contributed by atoms with Crippen molar-refractivity contribution in [1.29, 1.82) is 0 Å². The van der Waals surface area contributed by atoms with E-state index in [-0.39, 0.29) is 5.41 Å². The first-order valence-corrected chi connectivity index (χ1v) is 24.4. The number of rotatable bonds is 8. The molecule has 0 spiro atoms. The van der Waals surface area contributed by atoms with Crippen LogP contribution < -0.4 is 4.90 Å². The Balaban J connectivity index is 0.986. The largest absolute Gasteiger partial charge is 0.310 e. The Labute approximate surface area is 410 Å². The van der Waals surface area contributed by atoms with E-state index in [0.717, 1.165) is 17.1 Å². The molecule has 12 aromatic carbocycles. The van der Waals surface area contributed by atoms with Gasteiger partial charge in [-0.1, -0.05) is 208 Å². The highest BCUT2D eigenvalue weighted by atomic mass is 15.1. The third-order valence-electron chi connectivity index (χ3n) is 14.8. The number of anilines is 3. The van der Waals surface area contributed by atoms with Gasteiger partial charge in [0.2, 0.25) is 0 Å². The second-order valence-electron chi connectivity index (χ2n) is 19.2. The van der Waals surface area contributed by atoms with Crippen LogP contribution in [0.1, 0.15) is 25.0 Å². The fourth-order valence-corrected chi connectivity index (χ4v) is 11.4. The van der Waals surface area contributed by atoms with E-state index in [2.05, 4.69) is 280 Å². The van der Waals surface area contributed by atoms with Crippen molar-refractivity contribution in [1.82, 2.24) is 0 Å². The number of hydrogen-bond donors (Lipinski definition) is 0. The number of hydrogen-bond acceptors (Lipinski definition) is 1. The molecule has 0 amide bonds. The molecule has 70 heavy (non-hydrogen) atoms. The van der Waals surface area contributed by atoms with Crippen LogP contribution >= 0.6 is 0 Å². The smallest absolute Gasteiger partial charge is 0.0465 e. The average molecular weight is 892 g/mol. The molecular weight excluding hydrogens is 843 g/mol. The maximum Gasteiger partial charge on any atom is 0.0465 e. The molecule has 0 saturated carbocycles. The minimum absolute atomic E-state index is 0.221. The molecule has 0 heterocycles.